The molecule has 2 aromatic carbocycles. The quantitative estimate of drug-likeness (QED) is 0.755. The lowest BCUT2D eigenvalue weighted by atomic mass is 10.1. The Kier molecular flexibility index (Phi) is 4.53. The van der Waals surface area contributed by atoms with Gasteiger partial charge in [-0.15, -0.1) is 0 Å². The first-order valence-electron chi connectivity index (χ1n) is 7.17. The summed E-state index contributed by atoms with van der Waals surface area (Å²) in [4.78, 5) is 12.5. The number of hydrogen-bond donors (Lipinski definition) is 1. The van der Waals surface area contributed by atoms with Crippen molar-refractivity contribution in [1.82, 2.24) is 4.57 Å². The largest absolute Gasteiger partial charge is 0.496 e. The van der Waals surface area contributed by atoms with Gasteiger partial charge in [-0.05, 0) is 30.3 Å². The lowest BCUT2D eigenvalue weighted by molar-refractivity contribution is 0.102. The SMILES string of the molecule is COc1cc(-n2cccc2)c(Cl)cc1C(=O)Nc1ccccc1F. The van der Waals surface area contributed by atoms with E-state index in [1.807, 2.05) is 29.1 Å². The average molecular weight is 345 g/mol. The molecule has 1 amide bonds. The van der Waals surface area contributed by atoms with Crippen LogP contribution in [0.2, 0.25) is 5.02 Å². The van der Waals surface area contributed by atoms with E-state index in [4.69, 9.17) is 16.3 Å². The van der Waals surface area contributed by atoms with Crippen LogP contribution in [0.25, 0.3) is 5.69 Å². The predicted octanol–water partition coefficient (Wildman–Crippen LogP) is 4.53. The van der Waals surface area contributed by atoms with Crippen LogP contribution in [0.3, 0.4) is 0 Å². The number of halogens is 2. The Morgan fingerprint density at radius 1 is 1.17 bits per heavy atom. The first kappa shape index (κ1) is 16.1. The molecule has 6 heteroatoms. The molecule has 4 nitrogen and oxygen atoms in total. The highest BCUT2D eigenvalue weighted by Crippen LogP contribution is 2.30. The molecule has 122 valence electrons. The average Bonchev–Trinajstić information content (AvgIpc) is 3.11. The molecule has 0 unspecified atom stereocenters. The number of carbonyl (C=O) groups excluding carboxylic acids is 1. The van der Waals surface area contributed by atoms with E-state index in [-0.39, 0.29) is 11.3 Å². The van der Waals surface area contributed by atoms with Gasteiger partial charge in [0.25, 0.3) is 5.91 Å². The van der Waals surface area contributed by atoms with E-state index in [1.165, 1.54) is 25.3 Å². The molecule has 0 saturated heterocycles. The minimum Gasteiger partial charge on any atom is -0.496 e. The van der Waals surface area contributed by atoms with Gasteiger partial charge in [-0.1, -0.05) is 23.7 Å². The van der Waals surface area contributed by atoms with Gasteiger partial charge in [-0.3, -0.25) is 4.79 Å². The molecule has 0 aliphatic heterocycles. The van der Waals surface area contributed by atoms with E-state index >= 15 is 0 Å². The van der Waals surface area contributed by atoms with E-state index in [9.17, 15) is 9.18 Å². The third kappa shape index (κ3) is 3.12. The Labute approximate surface area is 143 Å². The number of methoxy groups -OCH3 is 1. The molecule has 0 radical (unpaired) electrons. The van der Waals surface area contributed by atoms with Crippen LogP contribution in [0, 0.1) is 5.82 Å². The number of para-hydroxylation sites is 1. The Bertz CT molecular complexity index is 879. The summed E-state index contributed by atoms with van der Waals surface area (Å²) < 4.78 is 20.8. The van der Waals surface area contributed by atoms with Crippen LogP contribution in [0.4, 0.5) is 10.1 Å². The molecule has 1 heterocycles. The molecule has 3 rings (SSSR count). The number of aromatic nitrogens is 1. The van der Waals surface area contributed by atoms with Gasteiger partial charge in [0, 0.05) is 18.5 Å². The number of anilines is 1. The van der Waals surface area contributed by atoms with E-state index in [0.29, 0.717) is 16.5 Å². The predicted molar refractivity (Wildman–Crippen MR) is 91.7 cm³/mol. The van der Waals surface area contributed by atoms with E-state index < -0.39 is 11.7 Å². The molecule has 0 aliphatic rings. The first-order chi connectivity index (χ1) is 11.6. The molecule has 0 aliphatic carbocycles. The fraction of sp³-hybridized carbons (Fsp3) is 0.0556. The fourth-order valence-corrected chi connectivity index (χ4v) is 2.60. The van der Waals surface area contributed by atoms with Gasteiger partial charge in [0.2, 0.25) is 0 Å². The van der Waals surface area contributed by atoms with Crippen LogP contribution in [0.15, 0.2) is 60.9 Å². The van der Waals surface area contributed by atoms with Crippen molar-refractivity contribution < 1.29 is 13.9 Å². The number of rotatable bonds is 4. The Morgan fingerprint density at radius 2 is 1.88 bits per heavy atom. The fourth-order valence-electron chi connectivity index (χ4n) is 2.33. The molecule has 1 N–H and O–H groups in total. The number of benzene rings is 2. The summed E-state index contributed by atoms with van der Waals surface area (Å²) in [6, 6.07) is 12.8. The van der Waals surface area contributed by atoms with Gasteiger partial charge in [-0.25, -0.2) is 4.39 Å². The van der Waals surface area contributed by atoms with Gasteiger partial charge < -0.3 is 14.6 Å². The minimum atomic E-state index is -0.514. The molecule has 0 spiro atoms. The minimum absolute atomic E-state index is 0.0927. The van der Waals surface area contributed by atoms with Crippen molar-refractivity contribution in [3.8, 4) is 11.4 Å². The van der Waals surface area contributed by atoms with Crippen molar-refractivity contribution in [3.63, 3.8) is 0 Å². The third-order valence-corrected chi connectivity index (χ3v) is 3.82. The second kappa shape index (κ2) is 6.76. The zero-order chi connectivity index (χ0) is 17.1. The zero-order valence-electron chi connectivity index (χ0n) is 12.8. The molecule has 0 bridgehead atoms. The summed E-state index contributed by atoms with van der Waals surface area (Å²) in [6.45, 7) is 0. The second-order valence-corrected chi connectivity index (χ2v) is 5.44. The van der Waals surface area contributed by atoms with Gasteiger partial charge in [-0.2, -0.15) is 0 Å². The van der Waals surface area contributed by atoms with E-state index in [1.54, 1.807) is 18.2 Å². The number of hydrogen-bond acceptors (Lipinski definition) is 2. The topological polar surface area (TPSA) is 43.3 Å². The van der Waals surface area contributed by atoms with Crippen molar-refractivity contribution in [2.24, 2.45) is 0 Å². The van der Waals surface area contributed by atoms with Crippen LogP contribution in [0.1, 0.15) is 10.4 Å². The molecular weight excluding hydrogens is 331 g/mol. The van der Waals surface area contributed by atoms with Crippen LogP contribution in [-0.4, -0.2) is 17.6 Å². The standard InChI is InChI=1S/C18H14ClFN2O2/c1-24-17-11-16(22-8-4-5-9-22)13(19)10-12(17)18(23)21-15-7-3-2-6-14(15)20/h2-11H,1H3,(H,21,23). The summed E-state index contributed by atoms with van der Waals surface area (Å²) >= 11 is 6.30. The van der Waals surface area contributed by atoms with Crippen molar-refractivity contribution >= 4 is 23.2 Å². The Hall–Kier alpha value is -2.79. The van der Waals surface area contributed by atoms with Crippen LogP contribution in [-0.2, 0) is 0 Å². The molecule has 0 saturated carbocycles. The normalized spacial score (nSPS) is 10.5. The summed E-state index contributed by atoms with van der Waals surface area (Å²) in [5.41, 5.74) is 0.998. The van der Waals surface area contributed by atoms with Crippen molar-refractivity contribution in [1.29, 1.82) is 0 Å². The maximum atomic E-state index is 13.7. The number of ether oxygens (including phenoxy) is 1. The van der Waals surface area contributed by atoms with Crippen LogP contribution < -0.4 is 10.1 Å². The highest BCUT2D eigenvalue weighted by Gasteiger charge is 2.17. The summed E-state index contributed by atoms with van der Waals surface area (Å²) in [6.07, 6.45) is 3.67. The van der Waals surface area contributed by atoms with Crippen LogP contribution >= 0.6 is 11.6 Å². The van der Waals surface area contributed by atoms with Gasteiger partial charge >= 0.3 is 0 Å². The number of carbonyl (C=O) groups is 1. The highest BCUT2D eigenvalue weighted by atomic mass is 35.5. The van der Waals surface area contributed by atoms with Crippen molar-refractivity contribution in [2.75, 3.05) is 12.4 Å². The molecule has 0 atom stereocenters. The second-order valence-electron chi connectivity index (χ2n) is 5.03. The lowest BCUT2D eigenvalue weighted by Crippen LogP contribution is -2.14. The zero-order valence-corrected chi connectivity index (χ0v) is 13.5. The molecule has 1 aromatic heterocycles. The Morgan fingerprint density at radius 3 is 2.54 bits per heavy atom. The number of amides is 1. The van der Waals surface area contributed by atoms with Crippen molar-refractivity contribution in [3.05, 3.63) is 77.3 Å². The smallest absolute Gasteiger partial charge is 0.259 e. The first-order valence-corrected chi connectivity index (χ1v) is 7.54. The van der Waals surface area contributed by atoms with Crippen molar-refractivity contribution in [2.45, 2.75) is 0 Å². The van der Waals surface area contributed by atoms with E-state index in [0.717, 1.165) is 0 Å². The maximum Gasteiger partial charge on any atom is 0.259 e. The summed E-state index contributed by atoms with van der Waals surface area (Å²) in [7, 11) is 1.46. The van der Waals surface area contributed by atoms with Crippen LogP contribution in [0.5, 0.6) is 5.75 Å². The molecule has 3 aromatic rings. The highest BCUT2D eigenvalue weighted by molar-refractivity contribution is 6.33. The molecular formula is C18H14ClFN2O2. The molecule has 24 heavy (non-hydrogen) atoms. The third-order valence-electron chi connectivity index (χ3n) is 3.52. The summed E-state index contributed by atoms with van der Waals surface area (Å²) in [5.74, 6) is -0.672. The number of nitrogens with one attached hydrogen (secondary N) is 1. The van der Waals surface area contributed by atoms with Gasteiger partial charge in [0.1, 0.15) is 11.6 Å². The van der Waals surface area contributed by atoms with Gasteiger partial charge in [0.05, 0.1) is 29.1 Å². The van der Waals surface area contributed by atoms with E-state index in [2.05, 4.69) is 5.32 Å². The Balaban J connectivity index is 1.97. The molecule has 0 fully saturated rings. The lowest BCUT2D eigenvalue weighted by Gasteiger charge is -2.14. The van der Waals surface area contributed by atoms with Gasteiger partial charge in [0.15, 0.2) is 0 Å². The maximum absolute atomic E-state index is 13.7. The summed E-state index contributed by atoms with van der Waals surface area (Å²) in [5, 5.41) is 2.90. The number of nitrogens with zero attached hydrogens (tertiary/aromatic N) is 1. The monoisotopic (exact) mass is 344 g/mol.